The molecule has 2 aliphatic rings. The van der Waals surface area contributed by atoms with Gasteiger partial charge in [-0.1, -0.05) is 57.8 Å². The molecule has 0 radical (unpaired) electrons. The molecule has 2 fully saturated rings. The number of rotatable bonds is 18. The van der Waals surface area contributed by atoms with E-state index in [-0.39, 0.29) is 42.1 Å². The van der Waals surface area contributed by atoms with E-state index in [1.165, 1.54) is 62.4 Å². The number of nitrogens with zero attached hydrogens (tertiary/aromatic N) is 2. The minimum absolute atomic E-state index is 0.0747. The van der Waals surface area contributed by atoms with Crippen molar-refractivity contribution in [2.45, 2.75) is 135 Å². The number of anilines is 1. The SMILES string of the molecule is CC(C)(C)OC(=O)CCCCCCCCCCCCCNCC1CCN(c2ccc3c(O)n(C4CCC(=O)NC4=O)c(O)c3c2)CC1. The predicted molar refractivity (Wildman–Crippen MR) is 186 cm³/mol. The summed E-state index contributed by atoms with van der Waals surface area (Å²) >= 11 is 0. The lowest BCUT2D eigenvalue weighted by molar-refractivity contribution is -0.155. The molecule has 262 valence electrons. The highest BCUT2D eigenvalue weighted by Gasteiger charge is 2.33. The Hall–Kier alpha value is -3.27. The van der Waals surface area contributed by atoms with Crippen LogP contribution in [0.3, 0.4) is 0 Å². The van der Waals surface area contributed by atoms with Crippen LogP contribution in [0.4, 0.5) is 5.69 Å². The fraction of sp³-hybridized carbons (Fsp3) is 0.703. The second-order valence-electron chi connectivity index (χ2n) is 14.6. The number of nitrogens with one attached hydrogen (secondary N) is 2. The normalized spacial score (nSPS) is 17.8. The first-order valence-corrected chi connectivity index (χ1v) is 18.1. The van der Waals surface area contributed by atoms with Gasteiger partial charge in [-0.2, -0.15) is 0 Å². The van der Waals surface area contributed by atoms with Gasteiger partial charge in [0.05, 0.1) is 0 Å². The summed E-state index contributed by atoms with van der Waals surface area (Å²) in [5, 5.41) is 28.8. The predicted octanol–water partition coefficient (Wildman–Crippen LogP) is 6.86. The molecular formula is C37H58N4O6. The number of carbonyl (C=O) groups excluding carboxylic acids is 3. The molecule has 2 aliphatic heterocycles. The Bertz CT molecular complexity index is 1320. The van der Waals surface area contributed by atoms with Gasteiger partial charge in [0.1, 0.15) is 11.6 Å². The summed E-state index contributed by atoms with van der Waals surface area (Å²) in [6.07, 6.45) is 16.8. The summed E-state index contributed by atoms with van der Waals surface area (Å²) in [6, 6.07) is 4.84. The second-order valence-corrected chi connectivity index (χ2v) is 14.6. The van der Waals surface area contributed by atoms with Crippen LogP contribution in [-0.2, 0) is 19.1 Å². The van der Waals surface area contributed by atoms with E-state index in [1.54, 1.807) is 6.07 Å². The van der Waals surface area contributed by atoms with Crippen LogP contribution in [0.5, 0.6) is 11.8 Å². The Morgan fingerprint density at radius 3 is 2.09 bits per heavy atom. The number of unbranched alkanes of at least 4 members (excludes halogenated alkanes) is 10. The second kappa shape index (κ2) is 17.8. The molecule has 2 amide bonds. The molecule has 1 unspecified atom stereocenters. The summed E-state index contributed by atoms with van der Waals surface area (Å²) < 4.78 is 6.61. The largest absolute Gasteiger partial charge is 0.494 e. The van der Waals surface area contributed by atoms with Crippen LogP contribution in [-0.4, -0.2) is 64.3 Å². The van der Waals surface area contributed by atoms with Gasteiger partial charge in [0, 0.05) is 42.4 Å². The average molecular weight is 655 g/mol. The number of ether oxygens (including phenoxy) is 1. The zero-order chi connectivity index (χ0) is 33.8. The topological polar surface area (TPSA) is 133 Å². The van der Waals surface area contributed by atoms with Crippen LogP contribution >= 0.6 is 0 Å². The van der Waals surface area contributed by atoms with Crippen LogP contribution in [0.15, 0.2) is 18.2 Å². The standard InChI is InChI=1S/C37H58N4O6/c1-37(2,3)47-33(43)15-13-11-9-7-5-4-6-8-10-12-14-22-38-26-27-20-23-40(24-21-27)28-16-17-29-30(25-28)36(46)41(35(29)45)31-18-19-32(42)39-34(31)44/h16-17,25,27,31,38,45-46H,4-15,18-24,26H2,1-3H3,(H,39,42,44). The van der Waals surface area contributed by atoms with E-state index in [0.29, 0.717) is 23.1 Å². The van der Waals surface area contributed by atoms with E-state index in [0.717, 1.165) is 57.5 Å². The van der Waals surface area contributed by atoms with Crippen LogP contribution < -0.4 is 15.5 Å². The van der Waals surface area contributed by atoms with Crippen molar-refractivity contribution in [3.05, 3.63) is 18.2 Å². The Labute approximate surface area is 280 Å². The summed E-state index contributed by atoms with van der Waals surface area (Å²) in [5.74, 6) is -0.564. The zero-order valence-electron chi connectivity index (χ0n) is 29.0. The van der Waals surface area contributed by atoms with Gasteiger partial charge in [0.25, 0.3) is 0 Å². The smallest absolute Gasteiger partial charge is 0.306 e. The number of hydrogen-bond donors (Lipinski definition) is 4. The molecule has 2 aromatic rings. The molecule has 1 atom stereocenters. The number of esters is 1. The maximum atomic E-state index is 12.4. The third kappa shape index (κ3) is 11.2. The van der Waals surface area contributed by atoms with Gasteiger partial charge >= 0.3 is 5.97 Å². The number of carbonyl (C=O) groups is 3. The fourth-order valence-corrected chi connectivity index (χ4v) is 6.90. The van der Waals surface area contributed by atoms with E-state index < -0.39 is 11.9 Å². The maximum absolute atomic E-state index is 12.4. The molecule has 47 heavy (non-hydrogen) atoms. The molecule has 4 N–H and O–H groups in total. The van der Waals surface area contributed by atoms with Crippen LogP contribution in [0.1, 0.15) is 130 Å². The van der Waals surface area contributed by atoms with Crippen LogP contribution in [0, 0.1) is 5.92 Å². The van der Waals surface area contributed by atoms with E-state index >= 15 is 0 Å². The minimum atomic E-state index is -0.817. The van der Waals surface area contributed by atoms with Crippen LogP contribution in [0.2, 0.25) is 0 Å². The van der Waals surface area contributed by atoms with Crippen molar-refractivity contribution in [3.63, 3.8) is 0 Å². The van der Waals surface area contributed by atoms with Crippen molar-refractivity contribution < 1.29 is 29.3 Å². The lowest BCUT2D eigenvalue weighted by atomic mass is 9.96. The maximum Gasteiger partial charge on any atom is 0.306 e. The highest BCUT2D eigenvalue weighted by molar-refractivity contribution is 6.01. The first kappa shape index (κ1) is 36.6. The summed E-state index contributed by atoms with van der Waals surface area (Å²) in [7, 11) is 0. The number of fused-ring (bicyclic) bond motifs is 1. The van der Waals surface area contributed by atoms with Crippen molar-refractivity contribution in [3.8, 4) is 11.8 Å². The molecule has 10 nitrogen and oxygen atoms in total. The zero-order valence-corrected chi connectivity index (χ0v) is 29.0. The van der Waals surface area contributed by atoms with E-state index in [2.05, 4.69) is 15.5 Å². The van der Waals surface area contributed by atoms with Crippen molar-refractivity contribution >= 4 is 34.2 Å². The molecule has 4 rings (SSSR count). The van der Waals surface area contributed by atoms with Gasteiger partial charge in [-0.15, -0.1) is 0 Å². The quantitative estimate of drug-likeness (QED) is 0.0779. The summed E-state index contributed by atoms with van der Waals surface area (Å²) in [5.41, 5.74) is 0.614. The highest BCUT2D eigenvalue weighted by Crippen LogP contribution is 2.42. The molecular weight excluding hydrogens is 596 g/mol. The van der Waals surface area contributed by atoms with Gasteiger partial charge in [-0.25, -0.2) is 0 Å². The molecule has 0 saturated carbocycles. The minimum Gasteiger partial charge on any atom is -0.494 e. The third-order valence-electron chi connectivity index (χ3n) is 9.53. The lowest BCUT2D eigenvalue weighted by Crippen LogP contribution is -2.41. The Morgan fingerprint density at radius 1 is 0.872 bits per heavy atom. The van der Waals surface area contributed by atoms with Gasteiger partial charge in [0.2, 0.25) is 23.6 Å². The monoisotopic (exact) mass is 654 g/mol. The highest BCUT2D eigenvalue weighted by atomic mass is 16.6. The number of imide groups is 1. The summed E-state index contributed by atoms with van der Waals surface area (Å²) in [4.78, 5) is 38.0. The Kier molecular flexibility index (Phi) is 13.8. The number of aromatic hydroxyl groups is 2. The number of piperidine rings is 2. The number of benzene rings is 1. The van der Waals surface area contributed by atoms with Gasteiger partial charge < -0.3 is 25.2 Å². The molecule has 0 aliphatic carbocycles. The van der Waals surface area contributed by atoms with Crippen molar-refractivity contribution in [2.75, 3.05) is 31.1 Å². The molecule has 0 spiro atoms. The molecule has 10 heteroatoms. The average Bonchev–Trinajstić information content (AvgIpc) is 3.27. The third-order valence-corrected chi connectivity index (χ3v) is 9.53. The molecule has 1 aromatic carbocycles. The number of amides is 2. The number of aromatic nitrogens is 1. The molecule has 1 aromatic heterocycles. The lowest BCUT2D eigenvalue weighted by Gasteiger charge is -2.33. The number of hydrogen-bond acceptors (Lipinski definition) is 8. The van der Waals surface area contributed by atoms with E-state index in [4.69, 9.17) is 4.74 Å². The van der Waals surface area contributed by atoms with Gasteiger partial charge in [-0.05, 0) is 90.1 Å². The fourth-order valence-electron chi connectivity index (χ4n) is 6.90. The Morgan fingerprint density at radius 2 is 1.47 bits per heavy atom. The molecule has 2 saturated heterocycles. The van der Waals surface area contributed by atoms with Crippen molar-refractivity contribution in [1.29, 1.82) is 0 Å². The molecule has 3 heterocycles. The van der Waals surface area contributed by atoms with Gasteiger partial charge in [0.15, 0.2) is 0 Å². The van der Waals surface area contributed by atoms with Crippen molar-refractivity contribution in [2.24, 2.45) is 5.92 Å². The van der Waals surface area contributed by atoms with E-state index in [1.807, 2.05) is 32.9 Å². The van der Waals surface area contributed by atoms with Crippen LogP contribution in [0.25, 0.3) is 10.8 Å². The first-order chi connectivity index (χ1) is 22.5. The molecule has 0 bridgehead atoms. The van der Waals surface area contributed by atoms with Gasteiger partial charge in [-0.3, -0.25) is 24.3 Å². The first-order valence-electron chi connectivity index (χ1n) is 18.1. The Balaban J connectivity index is 1.02. The summed E-state index contributed by atoms with van der Waals surface area (Å²) in [6.45, 7) is 9.74. The van der Waals surface area contributed by atoms with Crippen molar-refractivity contribution in [1.82, 2.24) is 15.2 Å². The van der Waals surface area contributed by atoms with E-state index in [9.17, 15) is 24.6 Å².